The highest BCUT2D eigenvalue weighted by atomic mass is 19.1. The fourth-order valence-electron chi connectivity index (χ4n) is 1.25. The highest BCUT2D eigenvalue weighted by Gasteiger charge is 2.37. The molecule has 1 aliphatic rings. The molecule has 2 rings (SSSR count). The van der Waals surface area contributed by atoms with Gasteiger partial charge < -0.3 is 9.73 Å². The fraction of sp³-hybridized carbons (Fsp3) is 0.500. The van der Waals surface area contributed by atoms with Crippen LogP contribution in [0.25, 0.3) is 0 Å². The van der Waals surface area contributed by atoms with Crippen LogP contribution >= 0.6 is 0 Å². The van der Waals surface area contributed by atoms with E-state index in [9.17, 15) is 4.39 Å². The Labute approximate surface area is 64.4 Å². The molecule has 1 aromatic heterocycles. The summed E-state index contributed by atoms with van der Waals surface area (Å²) in [5, 5.41) is 2.90. The first-order valence-corrected chi connectivity index (χ1v) is 3.71. The van der Waals surface area contributed by atoms with Crippen molar-refractivity contribution >= 4 is 0 Å². The van der Waals surface area contributed by atoms with Crippen LogP contribution in [0.4, 0.5) is 4.39 Å². The van der Waals surface area contributed by atoms with E-state index < -0.39 is 5.67 Å². The Morgan fingerprint density at radius 3 is 2.91 bits per heavy atom. The van der Waals surface area contributed by atoms with Crippen molar-refractivity contribution in [1.29, 1.82) is 0 Å². The normalized spacial score (nSPS) is 21.2. The molecule has 0 aliphatic carbocycles. The molecule has 2 nitrogen and oxygen atoms in total. The molecule has 0 spiro atoms. The first-order chi connectivity index (χ1) is 5.29. The maximum atomic E-state index is 13.3. The summed E-state index contributed by atoms with van der Waals surface area (Å²) in [5.41, 5.74) is -1.06. The zero-order chi connectivity index (χ0) is 7.73. The number of nitrogens with one attached hydrogen (secondary N) is 1. The lowest BCUT2D eigenvalue weighted by Crippen LogP contribution is -2.57. The molecule has 1 aromatic rings. The summed E-state index contributed by atoms with van der Waals surface area (Å²) in [6, 6.07) is 3.59. The molecule has 1 aliphatic heterocycles. The minimum absolute atomic E-state index is 0.396. The molecule has 1 fully saturated rings. The van der Waals surface area contributed by atoms with Gasteiger partial charge in [0.2, 0.25) is 0 Å². The minimum atomic E-state index is -1.06. The summed E-state index contributed by atoms with van der Waals surface area (Å²) >= 11 is 0. The average Bonchev–Trinajstić information content (AvgIpc) is 2.36. The van der Waals surface area contributed by atoms with E-state index in [0.29, 0.717) is 19.5 Å². The largest absolute Gasteiger partial charge is 0.469 e. The Morgan fingerprint density at radius 1 is 1.64 bits per heavy atom. The SMILES string of the molecule is FC1(Cc2ccco2)CNC1. The quantitative estimate of drug-likeness (QED) is 0.692. The van der Waals surface area contributed by atoms with Gasteiger partial charge in [-0.2, -0.15) is 0 Å². The van der Waals surface area contributed by atoms with E-state index >= 15 is 0 Å². The van der Waals surface area contributed by atoms with E-state index in [-0.39, 0.29) is 0 Å². The molecular formula is C8H10FNO. The molecule has 0 unspecified atom stereocenters. The maximum Gasteiger partial charge on any atom is 0.142 e. The Balaban J connectivity index is 2.00. The molecule has 2 heterocycles. The molecule has 0 amide bonds. The molecule has 0 aromatic carbocycles. The summed E-state index contributed by atoms with van der Waals surface area (Å²) < 4.78 is 18.4. The van der Waals surface area contributed by atoms with Gasteiger partial charge in [-0.25, -0.2) is 4.39 Å². The Bertz CT molecular complexity index is 228. The van der Waals surface area contributed by atoms with Crippen LogP contribution in [0.1, 0.15) is 5.76 Å². The Hall–Kier alpha value is -0.830. The number of alkyl halides is 1. The van der Waals surface area contributed by atoms with Gasteiger partial charge in [0, 0.05) is 19.5 Å². The average molecular weight is 155 g/mol. The molecule has 60 valence electrons. The van der Waals surface area contributed by atoms with Crippen LogP contribution in [0.3, 0.4) is 0 Å². The highest BCUT2D eigenvalue weighted by Crippen LogP contribution is 2.22. The molecule has 11 heavy (non-hydrogen) atoms. The second kappa shape index (κ2) is 2.34. The van der Waals surface area contributed by atoms with Crippen LogP contribution < -0.4 is 5.32 Å². The topological polar surface area (TPSA) is 25.2 Å². The second-order valence-corrected chi connectivity index (χ2v) is 3.01. The number of halogens is 1. The van der Waals surface area contributed by atoms with E-state index in [1.54, 1.807) is 18.4 Å². The number of hydrogen-bond donors (Lipinski definition) is 1. The van der Waals surface area contributed by atoms with Crippen molar-refractivity contribution in [1.82, 2.24) is 5.32 Å². The van der Waals surface area contributed by atoms with Crippen LogP contribution in [-0.2, 0) is 6.42 Å². The summed E-state index contributed by atoms with van der Waals surface area (Å²) in [4.78, 5) is 0. The van der Waals surface area contributed by atoms with Crippen molar-refractivity contribution in [3.05, 3.63) is 24.2 Å². The third-order valence-electron chi connectivity index (χ3n) is 1.95. The highest BCUT2D eigenvalue weighted by molar-refractivity contribution is 5.07. The molecule has 0 saturated carbocycles. The van der Waals surface area contributed by atoms with Crippen molar-refractivity contribution in [2.24, 2.45) is 0 Å². The van der Waals surface area contributed by atoms with Crippen LogP contribution in [0.5, 0.6) is 0 Å². The van der Waals surface area contributed by atoms with Gasteiger partial charge in [0.1, 0.15) is 11.4 Å². The smallest absolute Gasteiger partial charge is 0.142 e. The Kier molecular flexibility index (Phi) is 1.46. The van der Waals surface area contributed by atoms with Gasteiger partial charge in [0.15, 0.2) is 0 Å². The number of rotatable bonds is 2. The van der Waals surface area contributed by atoms with Gasteiger partial charge in [0.05, 0.1) is 6.26 Å². The minimum Gasteiger partial charge on any atom is -0.469 e. The van der Waals surface area contributed by atoms with E-state index in [0.717, 1.165) is 5.76 Å². The van der Waals surface area contributed by atoms with Gasteiger partial charge in [-0.3, -0.25) is 0 Å². The lowest BCUT2D eigenvalue weighted by atomic mass is 9.94. The monoisotopic (exact) mass is 155 g/mol. The summed E-state index contributed by atoms with van der Waals surface area (Å²) in [7, 11) is 0. The van der Waals surface area contributed by atoms with Crippen molar-refractivity contribution in [3.63, 3.8) is 0 Å². The van der Waals surface area contributed by atoms with Crippen molar-refractivity contribution < 1.29 is 8.81 Å². The van der Waals surface area contributed by atoms with E-state index in [4.69, 9.17) is 4.42 Å². The van der Waals surface area contributed by atoms with Gasteiger partial charge in [-0.1, -0.05) is 0 Å². The van der Waals surface area contributed by atoms with Gasteiger partial charge >= 0.3 is 0 Å². The summed E-state index contributed by atoms with van der Waals surface area (Å²) in [5.74, 6) is 0.731. The summed E-state index contributed by atoms with van der Waals surface area (Å²) in [6.45, 7) is 0.904. The molecule has 0 atom stereocenters. The second-order valence-electron chi connectivity index (χ2n) is 3.01. The number of hydrogen-bond acceptors (Lipinski definition) is 2. The summed E-state index contributed by atoms with van der Waals surface area (Å²) in [6.07, 6.45) is 1.97. The fourth-order valence-corrected chi connectivity index (χ4v) is 1.25. The zero-order valence-electron chi connectivity index (χ0n) is 6.14. The molecule has 3 heteroatoms. The third-order valence-corrected chi connectivity index (χ3v) is 1.95. The van der Waals surface area contributed by atoms with Crippen LogP contribution in [-0.4, -0.2) is 18.8 Å². The van der Waals surface area contributed by atoms with Crippen molar-refractivity contribution in [2.45, 2.75) is 12.1 Å². The standard InChI is InChI=1S/C8H10FNO/c9-8(5-10-6-8)4-7-2-1-3-11-7/h1-3,10H,4-6H2. The first kappa shape index (κ1) is 6.85. The molecule has 0 radical (unpaired) electrons. The third kappa shape index (κ3) is 1.28. The maximum absolute atomic E-state index is 13.3. The van der Waals surface area contributed by atoms with E-state index in [2.05, 4.69) is 5.32 Å². The van der Waals surface area contributed by atoms with Gasteiger partial charge in [0.25, 0.3) is 0 Å². The van der Waals surface area contributed by atoms with E-state index in [1.165, 1.54) is 0 Å². The van der Waals surface area contributed by atoms with E-state index in [1.807, 2.05) is 0 Å². The molecule has 1 saturated heterocycles. The molecule has 1 N–H and O–H groups in total. The predicted molar refractivity (Wildman–Crippen MR) is 39.1 cm³/mol. The lowest BCUT2D eigenvalue weighted by molar-refractivity contribution is 0.0848. The van der Waals surface area contributed by atoms with Crippen LogP contribution in [0.15, 0.2) is 22.8 Å². The van der Waals surface area contributed by atoms with Crippen LogP contribution in [0.2, 0.25) is 0 Å². The Morgan fingerprint density at radius 2 is 2.45 bits per heavy atom. The van der Waals surface area contributed by atoms with Gasteiger partial charge in [-0.15, -0.1) is 0 Å². The molecular weight excluding hydrogens is 145 g/mol. The predicted octanol–water partition coefficient (Wildman–Crippen LogP) is 1.13. The van der Waals surface area contributed by atoms with Crippen LogP contribution in [0, 0.1) is 0 Å². The first-order valence-electron chi connectivity index (χ1n) is 3.71. The van der Waals surface area contributed by atoms with Crippen molar-refractivity contribution in [3.8, 4) is 0 Å². The molecule has 0 bridgehead atoms. The van der Waals surface area contributed by atoms with Gasteiger partial charge in [-0.05, 0) is 12.1 Å². The zero-order valence-corrected chi connectivity index (χ0v) is 6.14. The van der Waals surface area contributed by atoms with Crippen molar-refractivity contribution in [2.75, 3.05) is 13.1 Å². The number of furan rings is 1. The lowest BCUT2D eigenvalue weighted by Gasteiger charge is -2.34.